The van der Waals surface area contributed by atoms with Crippen LogP contribution in [0.25, 0.3) is 10.6 Å². The van der Waals surface area contributed by atoms with Gasteiger partial charge in [0.05, 0.1) is 11.7 Å². The van der Waals surface area contributed by atoms with Crippen molar-refractivity contribution >= 4 is 29.4 Å². The first-order valence-electron chi connectivity index (χ1n) is 11.8. The van der Waals surface area contributed by atoms with E-state index in [9.17, 15) is 9.59 Å². The lowest BCUT2D eigenvalue weighted by Crippen LogP contribution is -2.35. The quantitative estimate of drug-likeness (QED) is 0.537. The number of aromatic nitrogens is 2. The van der Waals surface area contributed by atoms with Crippen LogP contribution in [0.2, 0.25) is 0 Å². The molecule has 11 heteroatoms. The van der Waals surface area contributed by atoms with E-state index in [1.165, 1.54) is 17.6 Å². The van der Waals surface area contributed by atoms with E-state index in [4.69, 9.17) is 15.2 Å². The van der Waals surface area contributed by atoms with Gasteiger partial charge in [-0.05, 0) is 44.2 Å². The number of nitrogens with one attached hydrogen (secondary N) is 2. The van der Waals surface area contributed by atoms with E-state index in [0.717, 1.165) is 36.9 Å². The molecular formula is C24H30N6O4S. The molecule has 0 aliphatic carbocycles. The van der Waals surface area contributed by atoms with Gasteiger partial charge in [-0.25, -0.2) is 4.98 Å². The molecule has 2 aromatic heterocycles. The average molecular weight is 499 g/mol. The van der Waals surface area contributed by atoms with Crippen molar-refractivity contribution in [2.24, 2.45) is 10.7 Å². The van der Waals surface area contributed by atoms with Gasteiger partial charge in [0.15, 0.2) is 0 Å². The molecule has 35 heavy (non-hydrogen) atoms. The molecule has 0 aromatic carbocycles. The molecule has 0 radical (unpaired) electrons. The Morgan fingerprint density at radius 2 is 1.91 bits per heavy atom. The number of aliphatic imine (C=N–C) groups is 1. The summed E-state index contributed by atoms with van der Waals surface area (Å²) in [6, 6.07) is 3.91. The van der Waals surface area contributed by atoms with E-state index < -0.39 is 11.8 Å². The van der Waals surface area contributed by atoms with Crippen molar-refractivity contribution in [2.75, 3.05) is 33.0 Å². The highest BCUT2D eigenvalue weighted by Gasteiger charge is 2.18. The minimum absolute atomic E-state index is 0.0462. The second-order valence-corrected chi connectivity index (χ2v) is 9.16. The summed E-state index contributed by atoms with van der Waals surface area (Å²) < 4.78 is 11.0. The molecule has 4 N–H and O–H groups in total. The van der Waals surface area contributed by atoms with E-state index in [2.05, 4.69) is 25.6 Å². The Morgan fingerprint density at radius 3 is 2.77 bits per heavy atom. The zero-order chi connectivity index (χ0) is 24.5. The van der Waals surface area contributed by atoms with Crippen molar-refractivity contribution in [1.82, 2.24) is 20.6 Å². The van der Waals surface area contributed by atoms with Crippen molar-refractivity contribution < 1.29 is 19.1 Å². The molecule has 186 valence electrons. The fraction of sp³-hybridized carbons (Fsp3) is 0.458. The number of nitrogens with two attached hydrogens (primary N) is 1. The molecule has 0 spiro atoms. The third-order valence-corrected chi connectivity index (χ3v) is 6.55. The average Bonchev–Trinajstić information content (AvgIpc) is 3.38. The lowest BCUT2D eigenvalue weighted by atomic mass is 10.1. The van der Waals surface area contributed by atoms with Crippen LogP contribution in [0, 0.1) is 0 Å². The van der Waals surface area contributed by atoms with Crippen LogP contribution in [0.4, 0.5) is 0 Å². The fourth-order valence-electron chi connectivity index (χ4n) is 3.68. The summed E-state index contributed by atoms with van der Waals surface area (Å²) in [6.07, 6.45) is 7.02. The van der Waals surface area contributed by atoms with Crippen molar-refractivity contribution in [3.8, 4) is 10.6 Å². The number of rotatable bonds is 2. The summed E-state index contributed by atoms with van der Waals surface area (Å²) in [5, 5.41) is 7.90. The number of hydrogen-bond donors (Lipinski definition) is 3. The maximum Gasteiger partial charge on any atom is 0.275 e. The lowest BCUT2D eigenvalue weighted by Gasteiger charge is -2.18. The first-order chi connectivity index (χ1) is 17.1. The van der Waals surface area contributed by atoms with Crippen molar-refractivity contribution in [1.29, 1.82) is 0 Å². The van der Waals surface area contributed by atoms with E-state index in [0.29, 0.717) is 44.4 Å². The lowest BCUT2D eigenvalue weighted by molar-refractivity contribution is -0.117. The summed E-state index contributed by atoms with van der Waals surface area (Å²) in [6.45, 7) is 2.78. The highest BCUT2D eigenvalue weighted by Crippen LogP contribution is 2.24. The maximum atomic E-state index is 13.0. The first-order valence-corrected chi connectivity index (χ1v) is 12.7. The van der Waals surface area contributed by atoms with Gasteiger partial charge in [0.1, 0.15) is 16.4 Å². The fourth-order valence-corrected chi connectivity index (χ4v) is 4.48. The normalized spacial score (nSPS) is 19.5. The van der Waals surface area contributed by atoms with E-state index in [-0.39, 0.29) is 23.1 Å². The molecule has 0 unspecified atom stereocenters. The minimum atomic E-state index is -0.474. The Balaban J connectivity index is 1.59. The smallest absolute Gasteiger partial charge is 0.275 e. The van der Waals surface area contributed by atoms with Crippen LogP contribution in [0.3, 0.4) is 0 Å². The monoisotopic (exact) mass is 498 g/mol. The predicted molar refractivity (Wildman–Crippen MR) is 133 cm³/mol. The molecule has 4 heterocycles. The number of fused-ring (bicyclic) bond motifs is 5. The number of allylic oxidation sites excluding steroid dienone is 1. The summed E-state index contributed by atoms with van der Waals surface area (Å²) in [5.74, 6) is -0.935. The van der Waals surface area contributed by atoms with Crippen molar-refractivity contribution in [3.63, 3.8) is 0 Å². The Labute approximate surface area is 208 Å². The summed E-state index contributed by atoms with van der Waals surface area (Å²) in [5.41, 5.74) is 8.27. The summed E-state index contributed by atoms with van der Waals surface area (Å²) >= 11 is 1.36. The van der Waals surface area contributed by atoms with Crippen LogP contribution in [0.5, 0.6) is 0 Å². The van der Waals surface area contributed by atoms with E-state index in [1.807, 2.05) is 12.1 Å². The third kappa shape index (κ3) is 7.17. The molecule has 4 bridgehead atoms. The number of pyridine rings is 1. The molecule has 2 aromatic rings. The van der Waals surface area contributed by atoms with Crippen molar-refractivity contribution in [2.45, 2.75) is 38.1 Å². The van der Waals surface area contributed by atoms with Gasteiger partial charge in [-0.2, -0.15) is 0 Å². The van der Waals surface area contributed by atoms with Crippen LogP contribution in [-0.2, 0) is 20.7 Å². The third-order valence-electron chi connectivity index (χ3n) is 5.66. The number of carbonyl (C=O) groups is 2. The van der Waals surface area contributed by atoms with Crippen LogP contribution < -0.4 is 16.4 Å². The van der Waals surface area contributed by atoms with E-state index in [1.54, 1.807) is 11.6 Å². The number of aryl methyl sites for hydroxylation is 1. The molecule has 1 fully saturated rings. The largest absolute Gasteiger partial charge is 0.393 e. The van der Waals surface area contributed by atoms with E-state index >= 15 is 0 Å². The van der Waals surface area contributed by atoms with Crippen LogP contribution in [-0.4, -0.2) is 67.0 Å². The van der Waals surface area contributed by atoms with Gasteiger partial charge in [0.2, 0.25) is 0 Å². The summed E-state index contributed by atoms with van der Waals surface area (Å²) in [7, 11) is 0. The molecular weight excluding hydrogens is 468 g/mol. The topological polar surface area (TPSA) is 141 Å². The minimum Gasteiger partial charge on any atom is -0.393 e. The number of ether oxygens (including phenoxy) is 2. The van der Waals surface area contributed by atoms with Gasteiger partial charge in [-0.15, -0.1) is 11.3 Å². The Bertz CT molecular complexity index is 1090. The number of nitrogens with zero attached hydrogens (tertiary/aromatic N) is 3. The maximum absolute atomic E-state index is 13.0. The van der Waals surface area contributed by atoms with Crippen LogP contribution in [0.15, 0.2) is 40.1 Å². The predicted octanol–water partition coefficient (Wildman–Crippen LogP) is 1.82. The van der Waals surface area contributed by atoms with Crippen LogP contribution >= 0.6 is 11.3 Å². The summed E-state index contributed by atoms with van der Waals surface area (Å²) in [4.78, 5) is 39.2. The van der Waals surface area contributed by atoms with Gasteiger partial charge in [-0.1, -0.05) is 0 Å². The number of hydrogen-bond acceptors (Lipinski definition) is 9. The zero-order valence-electron chi connectivity index (χ0n) is 19.5. The molecule has 2 aliphatic heterocycles. The Morgan fingerprint density at radius 1 is 1.11 bits per heavy atom. The SMILES string of the molecule is NC1=C(C=NC2CCOCC2)NC(=O)c2csc(n2)-c2ccnc(c2)CCCOCCCNC1=O. The Kier molecular flexibility index (Phi) is 8.93. The number of thiazole rings is 1. The molecule has 0 saturated carbocycles. The number of carbonyl (C=O) groups excluding carboxylic acids is 2. The van der Waals surface area contributed by atoms with Crippen LogP contribution in [0.1, 0.15) is 41.9 Å². The van der Waals surface area contributed by atoms with Gasteiger partial charge in [0.25, 0.3) is 11.8 Å². The Hall–Kier alpha value is -3.15. The molecule has 2 amide bonds. The van der Waals surface area contributed by atoms with Gasteiger partial charge < -0.3 is 25.8 Å². The second kappa shape index (κ2) is 12.5. The standard InChI is InChI=1S/C24H30N6O4S/c25-21-19(14-28-17-5-11-34-12-6-17)29-22(31)20-15-35-24(30-20)16-4-8-26-18(13-16)3-1-9-33-10-2-7-27-23(21)32/h4,8,13-15,17H,1-3,5-7,9-12,25H2,(H,27,32)(H,29,31). The highest BCUT2D eigenvalue weighted by molar-refractivity contribution is 7.13. The first kappa shape index (κ1) is 25.0. The molecule has 1 saturated heterocycles. The van der Waals surface area contributed by atoms with Crippen molar-refractivity contribution in [3.05, 3.63) is 46.5 Å². The second-order valence-electron chi connectivity index (χ2n) is 8.30. The molecule has 0 atom stereocenters. The zero-order valence-corrected chi connectivity index (χ0v) is 20.3. The molecule has 2 aliphatic rings. The van der Waals surface area contributed by atoms with Gasteiger partial charge >= 0.3 is 0 Å². The number of amides is 2. The highest BCUT2D eigenvalue weighted by atomic mass is 32.1. The van der Waals surface area contributed by atoms with Gasteiger partial charge in [0, 0.05) is 62.0 Å². The van der Waals surface area contributed by atoms with Gasteiger partial charge in [-0.3, -0.25) is 19.6 Å². The molecule has 10 nitrogen and oxygen atoms in total. The molecule has 4 rings (SSSR count).